The maximum atomic E-state index is 11.0. The molecule has 1 unspecified atom stereocenters. The first-order valence-corrected chi connectivity index (χ1v) is 5.29. The largest absolute Gasteiger partial charge is 0.368 e. The van der Waals surface area contributed by atoms with Gasteiger partial charge < -0.3 is 9.53 Å². The second-order valence-corrected chi connectivity index (χ2v) is 4.42. The van der Waals surface area contributed by atoms with Crippen LogP contribution in [0.15, 0.2) is 0 Å². The molecule has 1 rings (SSSR count). The van der Waals surface area contributed by atoms with E-state index in [9.17, 15) is 4.79 Å². The summed E-state index contributed by atoms with van der Waals surface area (Å²) < 4.78 is 5.60. The van der Waals surface area contributed by atoms with Gasteiger partial charge in [-0.2, -0.15) is 0 Å². The minimum atomic E-state index is -0.428. The molecule has 1 atom stereocenters. The van der Waals surface area contributed by atoms with Crippen molar-refractivity contribution in [2.75, 3.05) is 6.61 Å². The predicted octanol–water partition coefficient (Wildman–Crippen LogP) is 2.56. The van der Waals surface area contributed by atoms with E-state index in [2.05, 4.69) is 13.8 Å². The summed E-state index contributed by atoms with van der Waals surface area (Å²) in [4.78, 5) is 11.0. The molecular formula is C11H20O2. The van der Waals surface area contributed by atoms with Gasteiger partial charge >= 0.3 is 0 Å². The normalized spacial score (nSPS) is 29.2. The molecule has 0 N–H and O–H groups in total. The highest BCUT2D eigenvalue weighted by Crippen LogP contribution is 2.28. The zero-order valence-electron chi connectivity index (χ0n) is 8.71. The fourth-order valence-corrected chi connectivity index (χ4v) is 1.76. The molecule has 0 saturated carbocycles. The molecule has 0 aromatic carbocycles. The molecule has 2 heteroatoms. The van der Waals surface area contributed by atoms with Crippen LogP contribution in [0.3, 0.4) is 0 Å². The summed E-state index contributed by atoms with van der Waals surface area (Å²) in [5.41, 5.74) is -0.428. The molecule has 0 spiro atoms. The predicted molar refractivity (Wildman–Crippen MR) is 52.7 cm³/mol. The fourth-order valence-electron chi connectivity index (χ4n) is 1.76. The number of rotatable bonds is 4. The van der Waals surface area contributed by atoms with Crippen molar-refractivity contribution in [3.63, 3.8) is 0 Å². The SMILES string of the molecule is CC(C)CCC1(C=O)CCCCO1. The molecule has 0 radical (unpaired) electrons. The number of carbonyl (C=O) groups excluding carboxylic acids is 1. The van der Waals surface area contributed by atoms with Crippen molar-refractivity contribution in [3.05, 3.63) is 0 Å². The van der Waals surface area contributed by atoms with Gasteiger partial charge in [0.2, 0.25) is 0 Å². The highest BCUT2D eigenvalue weighted by Gasteiger charge is 2.32. The van der Waals surface area contributed by atoms with Gasteiger partial charge in [-0.1, -0.05) is 13.8 Å². The third-order valence-electron chi connectivity index (χ3n) is 2.74. The van der Waals surface area contributed by atoms with E-state index in [0.29, 0.717) is 5.92 Å². The summed E-state index contributed by atoms with van der Waals surface area (Å²) in [5.74, 6) is 0.655. The first-order chi connectivity index (χ1) is 6.18. The first kappa shape index (κ1) is 10.7. The van der Waals surface area contributed by atoms with Gasteiger partial charge in [0.25, 0.3) is 0 Å². The average Bonchev–Trinajstić information content (AvgIpc) is 2.16. The molecule has 0 amide bonds. The van der Waals surface area contributed by atoms with Crippen LogP contribution < -0.4 is 0 Å². The minimum absolute atomic E-state index is 0.428. The van der Waals surface area contributed by atoms with E-state index in [-0.39, 0.29) is 0 Å². The molecular weight excluding hydrogens is 164 g/mol. The summed E-state index contributed by atoms with van der Waals surface area (Å²) in [6.45, 7) is 5.12. The zero-order valence-corrected chi connectivity index (χ0v) is 8.71. The molecule has 2 nitrogen and oxygen atoms in total. The molecule has 1 aliphatic heterocycles. The van der Waals surface area contributed by atoms with E-state index in [0.717, 1.165) is 45.0 Å². The van der Waals surface area contributed by atoms with Gasteiger partial charge in [-0.25, -0.2) is 0 Å². The van der Waals surface area contributed by atoms with E-state index in [4.69, 9.17) is 4.74 Å². The number of carbonyl (C=O) groups is 1. The van der Waals surface area contributed by atoms with E-state index in [1.807, 2.05) is 0 Å². The number of ether oxygens (including phenoxy) is 1. The highest BCUT2D eigenvalue weighted by atomic mass is 16.5. The van der Waals surface area contributed by atoms with Crippen molar-refractivity contribution >= 4 is 6.29 Å². The Kier molecular flexibility index (Phi) is 3.91. The molecule has 0 aliphatic carbocycles. The van der Waals surface area contributed by atoms with Gasteiger partial charge in [0, 0.05) is 6.61 Å². The molecule has 0 bridgehead atoms. The summed E-state index contributed by atoms with van der Waals surface area (Å²) in [6, 6.07) is 0. The van der Waals surface area contributed by atoms with E-state index < -0.39 is 5.60 Å². The van der Waals surface area contributed by atoms with Crippen LogP contribution in [-0.4, -0.2) is 18.5 Å². The van der Waals surface area contributed by atoms with Crippen LogP contribution in [0.4, 0.5) is 0 Å². The maximum absolute atomic E-state index is 11.0. The van der Waals surface area contributed by atoms with Crippen LogP contribution in [0, 0.1) is 5.92 Å². The van der Waals surface area contributed by atoms with E-state index in [1.165, 1.54) is 0 Å². The summed E-state index contributed by atoms with van der Waals surface area (Å²) >= 11 is 0. The Morgan fingerprint density at radius 3 is 2.69 bits per heavy atom. The molecule has 0 aromatic heterocycles. The van der Waals surface area contributed by atoms with Crippen molar-refractivity contribution in [2.45, 2.75) is 51.6 Å². The van der Waals surface area contributed by atoms with Gasteiger partial charge in [0.15, 0.2) is 6.29 Å². The smallest absolute Gasteiger partial charge is 0.151 e. The van der Waals surface area contributed by atoms with Crippen molar-refractivity contribution < 1.29 is 9.53 Å². The second-order valence-electron chi connectivity index (χ2n) is 4.42. The quantitative estimate of drug-likeness (QED) is 0.628. The minimum Gasteiger partial charge on any atom is -0.368 e. The van der Waals surface area contributed by atoms with E-state index in [1.54, 1.807) is 0 Å². The Morgan fingerprint density at radius 1 is 1.46 bits per heavy atom. The van der Waals surface area contributed by atoms with Gasteiger partial charge in [-0.15, -0.1) is 0 Å². The average molecular weight is 184 g/mol. The van der Waals surface area contributed by atoms with Crippen LogP contribution in [0.1, 0.15) is 46.0 Å². The van der Waals surface area contributed by atoms with E-state index >= 15 is 0 Å². The van der Waals surface area contributed by atoms with Crippen molar-refractivity contribution in [1.29, 1.82) is 0 Å². The lowest BCUT2D eigenvalue weighted by molar-refractivity contribution is -0.139. The molecule has 1 fully saturated rings. The van der Waals surface area contributed by atoms with Crippen molar-refractivity contribution in [1.82, 2.24) is 0 Å². The van der Waals surface area contributed by atoms with Gasteiger partial charge in [0.05, 0.1) is 0 Å². The molecule has 76 valence electrons. The molecule has 1 aliphatic rings. The Hall–Kier alpha value is -0.370. The number of hydrogen-bond donors (Lipinski definition) is 0. The third-order valence-corrected chi connectivity index (χ3v) is 2.74. The van der Waals surface area contributed by atoms with Gasteiger partial charge in [-0.3, -0.25) is 0 Å². The number of aldehydes is 1. The maximum Gasteiger partial charge on any atom is 0.151 e. The van der Waals surface area contributed by atoms with Crippen molar-refractivity contribution in [3.8, 4) is 0 Å². The highest BCUT2D eigenvalue weighted by molar-refractivity contribution is 5.62. The summed E-state index contributed by atoms with van der Waals surface area (Å²) in [7, 11) is 0. The Bertz CT molecular complexity index is 157. The Labute approximate surface area is 80.7 Å². The first-order valence-electron chi connectivity index (χ1n) is 5.29. The summed E-state index contributed by atoms with van der Waals surface area (Å²) in [5, 5.41) is 0. The van der Waals surface area contributed by atoms with Gasteiger partial charge in [-0.05, 0) is 38.0 Å². The van der Waals surface area contributed by atoms with Crippen LogP contribution >= 0.6 is 0 Å². The molecule has 13 heavy (non-hydrogen) atoms. The van der Waals surface area contributed by atoms with Crippen LogP contribution in [0.5, 0.6) is 0 Å². The third kappa shape index (κ3) is 3.11. The standard InChI is InChI=1S/C11H20O2/c1-10(2)5-7-11(9-12)6-3-4-8-13-11/h9-10H,3-8H2,1-2H3. The Balaban J connectivity index is 2.42. The van der Waals surface area contributed by atoms with Gasteiger partial charge in [0.1, 0.15) is 5.60 Å². The zero-order chi connectivity index (χ0) is 9.73. The van der Waals surface area contributed by atoms with Crippen LogP contribution in [0.25, 0.3) is 0 Å². The Morgan fingerprint density at radius 2 is 2.23 bits per heavy atom. The molecule has 1 heterocycles. The van der Waals surface area contributed by atoms with Crippen LogP contribution in [0.2, 0.25) is 0 Å². The lowest BCUT2D eigenvalue weighted by atomic mass is 9.88. The molecule has 1 saturated heterocycles. The summed E-state index contributed by atoms with van der Waals surface area (Å²) in [6.07, 6.45) is 6.17. The second kappa shape index (κ2) is 4.75. The molecule has 0 aromatic rings. The van der Waals surface area contributed by atoms with Crippen molar-refractivity contribution in [2.24, 2.45) is 5.92 Å². The monoisotopic (exact) mass is 184 g/mol. The lowest BCUT2D eigenvalue weighted by Crippen LogP contribution is -2.38. The topological polar surface area (TPSA) is 26.3 Å². The fraction of sp³-hybridized carbons (Fsp3) is 0.909. The number of hydrogen-bond acceptors (Lipinski definition) is 2. The van der Waals surface area contributed by atoms with Crippen LogP contribution in [-0.2, 0) is 9.53 Å². The lowest BCUT2D eigenvalue weighted by Gasteiger charge is -2.32.